The van der Waals surface area contributed by atoms with Crippen LogP contribution in [0.4, 0.5) is 5.69 Å². The summed E-state index contributed by atoms with van der Waals surface area (Å²) < 4.78 is 0. The predicted molar refractivity (Wildman–Crippen MR) is 86.1 cm³/mol. The van der Waals surface area contributed by atoms with Gasteiger partial charge in [-0.15, -0.1) is 11.8 Å². The predicted octanol–water partition coefficient (Wildman–Crippen LogP) is 2.99. The maximum atomic E-state index is 12.5. The summed E-state index contributed by atoms with van der Waals surface area (Å²) in [6, 6.07) is 5.78. The van der Waals surface area contributed by atoms with Gasteiger partial charge in [-0.05, 0) is 37.5 Å². The van der Waals surface area contributed by atoms with Crippen LogP contribution in [-0.2, 0) is 9.59 Å². The molecular formula is C16H22N2O2S. The number of benzene rings is 1. The average Bonchev–Trinajstić information content (AvgIpc) is 2.72. The van der Waals surface area contributed by atoms with Gasteiger partial charge in [0.2, 0.25) is 11.8 Å². The fraction of sp³-hybridized carbons (Fsp3) is 0.500. The number of nitrogens with two attached hydrogens (primary N) is 1. The van der Waals surface area contributed by atoms with Crippen molar-refractivity contribution in [3.05, 3.63) is 23.8 Å². The lowest BCUT2D eigenvalue weighted by molar-refractivity contribution is -0.141. The van der Waals surface area contributed by atoms with Crippen molar-refractivity contribution in [1.29, 1.82) is 0 Å². The van der Waals surface area contributed by atoms with Crippen LogP contribution in [0.1, 0.15) is 38.7 Å². The molecule has 1 atom stereocenters. The molecule has 1 aromatic rings. The normalized spacial score (nSPS) is 18.9. The number of thioether (sulfide) groups is 1. The molecule has 114 valence electrons. The molecule has 1 heterocycles. The SMILES string of the molecule is CCC(CC)N1C(=O)CC(Sc2cc(C)ccc2N)C1=O. The molecule has 4 nitrogen and oxygen atoms in total. The minimum absolute atomic E-state index is 0.0189. The number of carbonyl (C=O) groups excluding carboxylic acids is 2. The zero-order chi connectivity index (χ0) is 15.6. The van der Waals surface area contributed by atoms with Crippen molar-refractivity contribution in [2.24, 2.45) is 0 Å². The topological polar surface area (TPSA) is 63.4 Å². The highest BCUT2D eigenvalue weighted by Gasteiger charge is 2.41. The number of anilines is 1. The zero-order valence-electron chi connectivity index (χ0n) is 12.8. The number of likely N-dealkylation sites (tertiary alicyclic amines) is 1. The zero-order valence-corrected chi connectivity index (χ0v) is 13.6. The van der Waals surface area contributed by atoms with Gasteiger partial charge in [-0.2, -0.15) is 0 Å². The van der Waals surface area contributed by atoms with E-state index < -0.39 is 0 Å². The minimum Gasteiger partial charge on any atom is -0.398 e. The first-order chi connectivity index (χ1) is 9.97. The summed E-state index contributed by atoms with van der Waals surface area (Å²) in [4.78, 5) is 27.0. The van der Waals surface area contributed by atoms with Crippen molar-refractivity contribution in [1.82, 2.24) is 4.90 Å². The summed E-state index contributed by atoms with van der Waals surface area (Å²) in [5, 5.41) is -0.345. The standard InChI is InChI=1S/C16H22N2O2S/c1-4-11(5-2)18-15(19)9-14(16(18)20)21-13-8-10(3)6-7-12(13)17/h6-8,11,14H,4-5,9,17H2,1-3H3. The lowest BCUT2D eigenvalue weighted by Gasteiger charge is -2.24. The van der Waals surface area contributed by atoms with E-state index in [2.05, 4.69) is 0 Å². The summed E-state index contributed by atoms with van der Waals surface area (Å²) in [6.45, 7) is 6.00. The van der Waals surface area contributed by atoms with Crippen LogP contribution in [0.2, 0.25) is 0 Å². The van der Waals surface area contributed by atoms with Crippen LogP contribution in [0.25, 0.3) is 0 Å². The van der Waals surface area contributed by atoms with E-state index >= 15 is 0 Å². The molecule has 1 unspecified atom stereocenters. The average molecular weight is 306 g/mol. The maximum Gasteiger partial charge on any atom is 0.243 e. The van der Waals surface area contributed by atoms with Gasteiger partial charge in [0.1, 0.15) is 0 Å². The third kappa shape index (κ3) is 3.23. The van der Waals surface area contributed by atoms with E-state index in [1.807, 2.05) is 39.0 Å². The first kappa shape index (κ1) is 15.9. The molecule has 21 heavy (non-hydrogen) atoms. The van der Waals surface area contributed by atoms with Crippen LogP contribution in [0, 0.1) is 6.92 Å². The number of aryl methyl sites for hydroxylation is 1. The fourth-order valence-electron chi connectivity index (χ4n) is 2.65. The Hall–Kier alpha value is -1.49. The number of rotatable bonds is 5. The van der Waals surface area contributed by atoms with E-state index in [1.54, 1.807) is 0 Å². The van der Waals surface area contributed by atoms with Crippen molar-refractivity contribution < 1.29 is 9.59 Å². The highest BCUT2D eigenvalue weighted by Crippen LogP contribution is 2.36. The minimum atomic E-state index is -0.345. The second-order valence-corrected chi connectivity index (χ2v) is 6.67. The first-order valence-electron chi connectivity index (χ1n) is 7.36. The molecule has 0 aliphatic carbocycles. The summed E-state index contributed by atoms with van der Waals surface area (Å²) >= 11 is 1.41. The molecule has 0 spiro atoms. The molecule has 5 heteroatoms. The fourth-order valence-corrected chi connectivity index (χ4v) is 3.85. The monoisotopic (exact) mass is 306 g/mol. The second-order valence-electron chi connectivity index (χ2n) is 5.42. The van der Waals surface area contributed by atoms with E-state index in [9.17, 15) is 9.59 Å². The van der Waals surface area contributed by atoms with Crippen molar-refractivity contribution in [3.63, 3.8) is 0 Å². The van der Waals surface area contributed by atoms with E-state index in [0.29, 0.717) is 5.69 Å². The van der Waals surface area contributed by atoms with Gasteiger partial charge < -0.3 is 5.73 Å². The van der Waals surface area contributed by atoms with Crippen LogP contribution < -0.4 is 5.73 Å². The van der Waals surface area contributed by atoms with Crippen molar-refractivity contribution >= 4 is 29.3 Å². The van der Waals surface area contributed by atoms with Gasteiger partial charge in [-0.3, -0.25) is 14.5 Å². The van der Waals surface area contributed by atoms with Crippen LogP contribution >= 0.6 is 11.8 Å². The Labute approximate surface area is 130 Å². The van der Waals surface area contributed by atoms with E-state index in [4.69, 9.17) is 5.73 Å². The summed E-state index contributed by atoms with van der Waals surface area (Å²) in [5.41, 5.74) is 7.72. The largest absolute Gasteiger partial charge is 0.398 e. The Kier molecular flexibility index (Phi) is 4.93. The second kappa shape index (κ2) is 6.52. The van der Waals surface area contributed by atoms with E-state index in [1.165, 1.54) is 16.7 Å². The molecule has 0 aromatic heterocycles. The van der Waals surface area contributed by atoms with Crippen LogP contribution in [0.3, 0.4) is 0 Å². The highest BCUT2D eigenvalue weighted by molar-refractivity contribution is 8.00. The lowest BCUT2D eigenvalue weighted by atomic mass is 10.1. The van der Waals surface area contributed by atoms with E-state index in [-0.39, 0.29) is 29.5 Å². The highest BCUT2D eigenvalue weighted by atomic mass is 32.2. The number of hydrogen-bond donors (Lipinski definition) is 1. The van der Waals surface area contributed by atoms with Crippen molar-refractivity contribution in [2.75, 3.05) is 5.73 Å². The number of nitrogen functional groups attached to an aromatic ring is 1. The Morgan fingerprint density at radius 2 is 2.00 bits per heavy atom. The molecule has 1 fully saturated rings. The number of imide groups is 1. The van der Waals surface area contributed by atoms with E-state index in [0.717, 1.165) is 23.3 Å². The molecule has 0 radical (unpaired) electrons. The summed E-state index contributed by atoms with van der Waals surface area (Å²) in [6.07, 6.45) is 1.88. The Bertz CT molecular complexity index is 555. The number of carbonyl (C=O) groups is 2. The van der Waals surface area contributed by atoms with Crippen LogP contribution in [0.5, 0.6) is 0 Å². The van der Waals surface area contributed by atoms with Gasteiger partial charge in [0.25, 0.3) is 0 Å². The molecule has 2 rings (SSSR count). The van der Waals surface area contributed by atoms with Gasteiger partial charge in [0.05, 0.1) is 5.25 Å². The van der Waals surface area contributed by atoms with Gasteiger partial charge in [0.15, 0.2) is 0 Å². The molecule has 0 bridgehead atoms. The molecule has 1 aliphatic rings. The first-order valence-corrected chi connectivity index (χ1v) is 8.24. The molecule has 0 saturated carbocycles. The Morgan fingerprint density at radius 1 is 1.33 bits per heavy atom. The van der Waals surface area contributed by atoms with Gasteiger partial charge in [-0.1, -0.05) is 19.9 Å². The Morgan fingerprint density at radius 3 is 2.62 bits per heavy atom. The van der Waals surface area contributed by atoms with Gasteiger partial charge in [0, 0.05) is 23.0 Å². The Balaban J connectivity index is 2.17. The van der Waals surface area contributed by atoms with Crippen LogP contribution in [-0.4, -0.2) is 28.0 Å². The summed E-state index contributed by atoms with van der Waals surface area (Å²) in [7, 11) is 0. The quantitative estimate of drug-likeness (QED) is 0.671. The smallest absolute Gasteiger partial charge is 0.243 e. The molecule has 1 aliphatic heterocycles. The maximum absolute atomic E-state index is 12.5. The van der Waals surface area contributed by atoms with Gasteiger partial charge >= 0.3 is 0 Å². The van der Waals surface area contributed by atoms with Crippen LogP contribution in [0.15, 0.2) is 23.1 Å². The molecular weight excluding hydrogens is 284 g/mol. The lowest BCUT2D eigenvalue weighted by Crippen LogP contribution is -2.40. The van der Waals surface area contributed by atoms with Gasteiger partial charge in [-0.25, -0.2) is 0 Å². The number of nitrogens with zero attached hydrogens (tertiary/aromatic N) is 1. The third-order valence-corrected chi connectivity index (χ3v) is 5.15. The molecule has 2 amide bonds. The van der Waals surface area contributed by atoms with Crippen molar-refractivity contribution in [3.8, 4) is 0 Å². The molecule has 1 saturated heterocycles. The van der Waals surface area contributed by atoms with Crippen molar-refractivity contribution in [2.45, 2.75) is 56.2 Å². The third-order valence-electron chi connectivity index (χ3n) is 3.89. The molecule has 1 aromatic carbocycles. The molecule has 2 N–H and O–H groups in total. The number of amides is 2. The summed E-state index contributed by atoms with van der Waals surface area (Å²) in [5.74, 6) is -0.128. The number of hydrogen-bond acceptors (Lipinski definition) is 4.